The summed E-state index contributed by atoms with van der Waals surface area (Å²) in [6, 6.07) is 12.1. The fourth-order valence-corrected chi connectivity index (χ4v) is 2.46. The van der Waals surface area contributed by atoms with E-state index in [0.29, 0.717) is 29.2 Å². The third kappa shape index (κ3) is 3.61. The van der Waals surface area contributed by atoms with Gasteiger partial charge in [0.25, 0.3) is 5.56 Å². The molecule has 3 rings (SSSR count). The summed E-state index contributed by atoms with van der Waals surface area (Å²) in [5.41, 5.74) is 2.76. The first-order valence-corrected chi connectivity index (χ1v) is 8.10. The largest absolute Gasteiger partial charge is 0.465 e. The number of nitrogens with one attached hydrogen (secondary N) is 1. The summed E-state index contributed by atoms with van der Waals surface area (Å²) in [4.78, 5) is 28.2. The van der Waals surface area contributed by atoms with Gasteiger partial charge in [0.2, 0.25) is 0 Å². The fourth-order valence-electron chi connectivity index (χ4n) is 2.46. The van der Waals surface area contributed by atoms with E-state index in [4.69, 9.17) is 0 Å². The van der Waals surface area contributed by atoms with Crippen molar-refractivity contribution in [3.8, 4) is 11.3 Å². The molecule has 1 aromatic carbocycles. The predicted molar refractivity (Wildman–Crippen MR) is 98.5 cm³/mol. The summed E-state index contributed by atoms with van der Waals surface area (Å²) in [7, 11) is 1.33. The Morgan fingerprint density at radius 2 is 2.00 bits per heavy atom. The highest BCUT2D eigenvalue weighted by molar-refractivity contribution is 5.89. The molecule has 7 nitrogen and oxygen atoms in total. The van der Waals surface area contributed by atoms with E-state index in [2.05, 4.69) is 20.1 Å². The Morgan fingerprint density at radius 3 is 2.62 bits per heavy atom. The van der Waals surface area contributed by atoms with E-state index in [0.717, 1.165) is 5.56 Å². The van der Waals surface area contributed by atoms with Gasteiger partial charge in [0.15, 0.2) is 0 Å². The van der Waals surface area contributed by atoms with Gasteiger partial charge in [-0.15, -0.1) is 0 Å². The van der Waals surface area contributed by atoms with Crippen LogP contribution in [0.15, 0.2) is 59.7 Å². The standard InChI is InChI=1S/C19H18N4O3/c1-3-23-18(24)17(11-16(22-23)14-5-4-10-20-12-14)21-15-8-6-13(7-9-15)19(25)26-2/h4-12,21H,3H2,1-2H3. The van der Waals surface area contributed by atoms with Crippen molar-refractivity contribution in [3.63, 3.8) is 0 Å². The Hall–Kier alpha value is -3.48. The lowest BCUT2D eigenvalue weighted by atomic mass is 10.2. The van der Waals surface area contributed by atoms with Crippen molar-refractivity contribution in [2.24, 2.45) is 0 Å². The van der Waals surface area contributed by atoms with Crippen LogP contribution in [0.4, 0.5) is 11.4 Å². The summed E-state index contributed by atoms with van der Waals surface area (Å²) in [6.45, 7) is 2.30. The number of ether oxygens (including phenoxy) is 1. The van der Waals surface area contributed by atoms with Crippen LogP contribution in [0.1, 0.15) is 17.3 Å². The van der Waals surface area contributed by atoms with E-state index >= 15 is 0 Å². The maximum absolute atomic E-state index is 12.6. The minimum absolute atomic E-state index is 0.225. The first-order valence-electron chi connectivity index (χ1n) is 8.10. The van der Waals surface area contributed by atoms with Crippen molar-refractivity contribution in [2.45, 2.75) is 13.5 Å². The molecular formula is C19H18N4O3. The van der Waals surface area contributed by atoms with Crippen LogP contribution in [0.3, 0.4) is 0 Å². The second kappa shape index (κ2) is 7.60. The zero-order valence-corrected chi connectivity index (χ0v) is 14.5. The molecule has 0 aliphatic rings. The first-order chi connectivity index (χ1) is 12.6. The second-order valence-corrected chi connectivity index (χ2v) is 5.50. The molecule has 0 saturated heterocycles. The van der Waals surface area contributed by atoms with Crippen molar-refractivity contribution < 1.29 is 9.53 Å². The van der Waals surface area contributed by atoms with Gasteiger partial charge < -0.3 is 10.1 Å². The van der Waals surface area contributed by atoms with Gasteiger partial charge in [0.05, 0.1) is 18.4 Å². The van der Waals surface area contributed by atoms with E-state index in [1.807, 2.05) is 19.1 Å². The highest BCUT2D eigenvalue weighted by Gasteiger charge is 2.10. The minimum atomic E-state index is -0.410. The van der Waals surface area contributed by atoms with Crippen molar-refractivity contribution >= 4 is 17.3 Å². The molecule has 7 heteroatoms. The number of carbonyl (C=O) groups is 1. The average Bonchev–Trinajstić information content (AvgIpc) is 2.70. The smallest absolute Gasteiger partial charge is 0.337 e. The number of esters is 1. The van der Waals surface area contributed by atoms with Crippen LogP contribution in [0, 0.1) is 0 Å². The van der Waals surface area contributed by atoms with Gasteiger partial charge in [-0.1, -0.05) is 0 Å². The number of rotatable bonds is 5. The Labute approximate surface area is 150 Å². The lowest BCUT2D eigenvalue weighted by molar-refractivity contribution is 0.0601. The highest BCUT2D eigenvalue weighted by atomic mass is 16.5. The molecule has 0 fully saturated rings. The number of carbonyl (C=O) groups excluding carboxylic acids is 1. The molecule has 0 unspecified atom stereocenters. The molecule has 3 aromatic rings. The van der Waals surface area contributed by atoms with Crippen molar-refractivity contribution in [1.29, 1.82) is 0 Å². The Kier molecular flexibility index (Phi) is 5.07. The van der Waals surface area contributed by atoms with Crippen LogP contribution in [0.5, 0.6) is 0 Å². The molecule has 2 aromatic heterocycles. The van der Waals surface area contributed by atoms with Crippen LogP contribution in [-0.2, 0) is 11.3 Å². The predicted octanol–water partition coefficient (Wildman–Crippen LogP) is 2.86. The summed E-state index contributed by atoms with van der Waals surface area (Å²) in [5, 5.41) is 7.47. The normalized spacial score (nSPS) is 10.4. The molecule has 0 aliphatic carbocycles. The van der Waals surface area contributed by atoms with E-state index < -0.39 is 5.97 Å². The number of aryl methyl sites for hydroxylation is 1. The molecule has 0 bridgehead atoms. The number of benzene rings is 1. The third-order valence-electron chi connectivity index (χ3n) is 3.82. The zero-order chi connectivity index (χ0) is 18.5. The number of methoxy groups -OCH3 is 1. The van der Waals surface area contributed by atoms with E-state index in [1.165, 1.54) is 11.8 Å². The Bertz CT molecular complexity index is 966. The van der Waals surface area contributed by atoms with E-state index in [9.17, 15) is 9.59 Å². The van der Waals surface area contributed by atoms with Crippen LogP contribution in [-0.4, -0.2) is 27.8 Å². The van der Waals surface area contributed by atoms with Crippen molar-refractivity contribution in [3.05, 3.63) is 70.8 Å². The summed E-state index contributed by atoms with van der Waals surface area (Å²) in [6.07, 6.45) is 3.38. The Morgan fingerprint density at radius 1 is 1.23 bits per heavy atom. The molecular weight excluding hydrogens is 332 g/mol. The number of hydrogen-bond acceptors (Lipinski definition) is 6. The maximum atomic E-state index is 12.6. The lowest BCUT2D eigenvalue weighted by Gasteiger charge is -2.11. The fraction of sp³-hybridized carbons (Fsp3) is 0.158. The second-order valence-electron chi connectivity index (χ2n) is 5.50. The molecule has 0 radical (unpaired) electrons. The molecule has 26 heavy (non-hydrogen) atoms. The minimum Gasteiger partial charge on any atom is -0.465 e. The van der Waals surface area contributed by atoms with Crippen LogP contribution < -0.4 is 10.9 Å². The van der Waals surface area contributed by atoms with Crippen LogP contribution in [0.2, 0.25) is 0 Å². The number of aromatic nitrogens is 3. The van der Waals surface area contributed by atoms with Gasteiger partial charge in [0, 0.05) is 30.2 Å². The molecule has 1 N–H and O–H groups in total. The van der Waals surface area contributed by atoms with Gasteiger partial charge in [-0.05, 0) is 49.4 Å². The lowest BCUT2D eigenvalue weighted by Crippen LogP contribution is -2.24. The average molecular weight is 350 g/mol. The number of nitrogens with zero attached hydrogens (tertiary/aromatic N) is 3. The van der Waals surface area contributed by atoms with Gasteiger partial charge in [-0.25, -0.2) is 9.48 Å². The van der Waals surface area contributed by atoms with Crippen molar-refractivity contribution in [1.82, 2.24) is 14.8 Å². The first kappa shape index (κ1) is 17.3. The summed E-state index contributed by atoms with van der Waals surface area (Å²) >= 11 is 0. The van der Waals surface area contributed by atoms with E-state index in [1.54, 1.807) is 42.7 Å². The number of hydrogen-bond donors (Lipinski definition) is 1. The molecule has 2 heterocycles. The van der Waals surface area contributed by atoms with Crippen molar-refractivity contribution in [2.75, 3.05) is 12.4 Å². The van der Waals surface area contributed by atoms with Gasteiger partial charge in [-0.3, -0.25) is 9.78 Å². The Balaban J connectivity index is 1.96. The zero-order valence-electron chi connectivity index (χ0n) is 14.5. The maximum Gasteiger partial charge on any atom is 0.337 e. The molecule has 0 saturated carbocycles. The summed E-state index contributed by atoms with van der Waals surface area (Å²) < 4.78 is 6.08. The quantitative estimate of drug-likeness (QED) is 0.712. The molecule has 0 aliphatic heterocycles. The number of pyridine rings is 1. The molecule has 132 valence electrons. The topological polar surface area (TPSA) is 86.1 Å². The highest BCUT2D eigenvalue weighted by Crippen LogP contribution is 2.20. The molecule has 0 amide bonds. The number of anilines is 2. The van der Waals surface area contributed by atoms with E-state index in [-0.39, 0.29) is 5.56 Å². The molecule has 0 spiro atoms. The van der Waals surface area contributed by atoms with Gasteiger partial charge in [-0.2, -0.15) is 5.10 Å². The third-order valence-corrected chi connectivity index (χ3v) is 3.82. The molecule has 0 atom stereocenters. The SMILES string of the molecule is CCn1nc(-c2cccnc2)cc(Nc2ccc(C(=O)OC)cc2)c1=O. The van der Waals surface area contributed by atoms with Gasteiger partial charge in [0.1, 0.15) is 5.69 Å². The van der Waals surface area contributed by atoms with Crippen LogP contribution in [0.25, 0.3) is 11.3 Å². The van der Waals surface area contributed by atoms with Crippen LogP contribution >= 0.6 is 0 Å². The summed E-state index contributed by atoms with van der Waals surface area (Å²) in [5.74, 6) is -0.410. The monoisotopic (exact) mass is 350 g/mol. The van der Waals surface area contributed by atoms with Gasteiger partial charge >= 0.3 is 5.97 Å².